The first-order valence-electron chi connectivity index (χ1n) is 9.95. The van der Waals surface area contributed by atoms with Crippen LogP contribution in [0.5, 0.6) is 0 Å². The second-order valence-electron chi connectivity index (χ2n) is 7.67. The Hall–Kier alpha value is -1.73. The zero-order chi connectivity index (χ0) is 21.3. The standard InChI is InChI=1S/C22H23Cl2N3O2S/c1-2-15-13-26(14-18-6-3-4-9-25-18)22(28)21-8-5-7-20(15)27(21)30(29)19-11-16(23)10-17(24)12-19/h2-4,6,9-12,15,20-21H,1,5,7-8,13-14H2/t15-,20+,21-,30+/m0/s1. The average Bonchev–Trinajstić information content (AvgIpc) is 2.80. The zero-order valence-corrected chi connectivity index (χ0v) is 18.7. The van der Waals surface area contributed by atoms with Crippen LogP contribution in [0.2, 0.25) is 10.0 Å². The Morgan fingerprint density at radius 3 is 2.63 bits per heavy atom. The van der Waals surface area contributed by atoms with Gasteiger partial charge in [-0.2, -0.15) is 0 Å². The van der Waals surface area contributed by atoms with Crippen LogP contribution < -0.4 is 0 Å². The van der Waals surface area contributed by atoms with E-state index >= 15 is 0 Å². The maximum atomic E-state index is 13.6. The smallest absolute Gasteiger partial charge is 0.241 e. The predicted octanol–water partition coefficient (Wildman–Crippen LogP) is 4.48. The maximum absolute atomic E-state index is 13.6. The Bertz CT molecular complexity index is 952. The molecule has 8 heteroatoms. The van der Waals surface area contributed by atoms with Gasteiger partial charge in [-0.3, -0.25) is 9.78 Å². The molecule has 0 aliphatic carbocycles. The largest absolute Gasteiger partial charge is 0.335 e. The topological polar surface area (TPSA) is 53.5 Å². The lowest BCUT2D eigenvalue weighted by Crippen LogP contribution is -2.52. The van der Waals surface area contributed by atoms with E-state index in [0.717, 1.165) is 18.5 Å². The lowest BCUT2D eigenvalue weighted by Gasteiger charge is -2.39. The fraction of sp³-hybridized carbons (Fsp3) is 0.364. The Labute approximate surface area is 189 Å². The molecule has 0 N–H and O–H groups in total. The predicted molar refractivity (Wildman–Crippen MR) is 119 cm³/mol. The van der Waals surface area contributed by atoms with E-state index in [1.54, 1.807) is 24.4 Å². The Morgan fingerprint density at radius 2 is 1.97 bits per heavy atom. The van der Waals surface area contributed by atoms with Crippen LogP contribution in [0.15, 0.2) is 60.1 Å². The van der Waals surface area contributed by atoms with Crippen molar-refractivity contribution < 1.29 is 9.00 Å². The number of piperidine rings is 1. The number of rotatable bonds is 5. The van der Waals surface area contributed by atoms with Crippen molar-refractivity contribution >= 4 is 40.1 Å². The number of hydrogen-bond acceptors (Lipinski definition) is 3. The number of pyridine rings is 1. The highest BCUT2D eigenvalue weighted by atomic mass is 35.5. The van der Waals surface area contributed by atoms with Gasteiger partial charge in [0, 0.05) is 34.7 Å². The molecule has 2 bridgehead atoms. The molecule has 4 atom stereocenters. The molecule has 1 amide bonds. The zero-order valence-electron chi connectivity index (χ0n) is 16.4. The van der Waals surface area contributed by atoms with Crippen molar-refractivity contribution in [2.45, 2.75) is 42.8 Å². The molecule has 0 radical (unpaired) electrons. The molecule has 2 aliphatic heterocycles. The summed E-state index contributed by atoms with van der Waals surface area (Å²) in [6, 6.07) is 10.1. The first-order chi connectivity index (χ1) is 14.5. The number of aromatic nitrogens is 1. The second-order valence-corrected chi connectivity index (χ2v) is 9.93. The number of fused-ring (bicyclic) bond motifs is 2. The van der Waals surface area contributed by atoms with E-state index in [9.17, 15) is 9.00 Å². The van der Waals surface area contributed by atoms with Crippen molar-refractivity contribution in [3.8, 4) is 0 Å². The molecule has 0 unspecified atom stereocenters. The molecule has 4 rings (SSSR count). The van der Waals surface area contributed by atoms with Gasteiger partial charge in [-0.05, 0) is 49.6 Å². The molecule has 0 spiro atoms. The van der Waals surface area contributed by atoms with Gasteiger partial charge in [0.15, 0.2) is 0 Å². The third-order valence-corrected chi connectivity index (χ3v) is 7.73. The number of benzene rings is 1. The number of amides is 1. The third kappa shape index (κ3) is 4.33. The molecular weight excluding hydrogens is 441 g/mol. The number of hydrogen-bond donors (Lipinski definition) is 0. The Morgan fingerprint density at radius 1 is 1.20 bits per heavy atom. The molecule has 30 heavy (non-hydrogen) atoms. The van der Waals surface area contributed by atoms with Gasteiger partial charge < -0.3 is 4.90 Å². The first kappa shape index (κ1) is 21.5. The number of carbonyl (C=O) groups excluding carboxylic acids is 1. The van der Waals surface area contributed by atoms with Crippen LogP contribution in [0.4, 0.5) is 0 Å². The van der Waals surface area contributed by atoms with Crippen molar-refractivity contribution in [3.63, 3.8) is 0 Å². The minimum atomic E-state index is -1.56. The molecule has 2 aromatic rings. The number of carbonyl (C=O) groups is 1. The highest BCUT2D eigenvalue weighted by Gasteiger charge is 2.46. The van der Waals surface area contributed by atoms with Crippen LogP contribution in [0.3, 0.4) is 0 Å². The van der Waals surface area contributed by atoms with E-state index in [0.29, 0.717) is 34.5 Å². The monoisotopic (exact) mass is 463 g/mol. The van der Waals surface area contributed by atoms with Gasteiger partial charge in [-0.1, -0.05) is 35.3 Å². The number of nitrogens with zero attached hydrogens (tertiary/aromatic N) is 3. The molecular formula is C22H23Cl2N3O2S. The van der Waals surface area contributed by atoms with Gasteiger partial charge in [0.1, 0.15) is 17.0 Å². The molecule has 2 saturated heterocycles. The third-order valence-electron chi connectivity index (χ3n) is 5.74. The van der Waals surface area contributed by atoms with Gasteiger partial charge in [0.05, 0.1) is 17.1 Å². The Balaban J connectivity index is 1.70. The minimum Gasteiger partial charge on any atom is -0.335 e. The van der Waals surface area contributed by atoms with Gasteiger partial charge in [0.2, 0.25) is 5.91 Å². The van der Waals surface area contributed by atoms with Crippen LogP contribution in [0.1, 0.15) is 25.0 Å². The molecule has 1 aromatic heterocycles. The summed E-state index contributed by atoms with van der Waals surface area (Å²) >= 11 is 12.3. The molecule has 2 aliphatic rings. The van der Waals surface area contributed by atoms with Gasteiger partial charge >= 0.3 is 0 Å². The molecule has 5 nitrogen and oxygen atoms in total. The summed E-state index contributed by atoms with van der Waals surface area (Å²) in [5.41, 5.74) is 0.833. The van der Waals surface area contributed by atoms with Crippen molar-refractivity contribution in [1.29, 1.82) is 0 Å². The maximum Gasteiger partial charge on any atom is 0.241 e. The van der Waals surface area contributed by atoms with Crippen LogP contribution in [-0.2, 0) is 22.3 Å². The van der Waals surface area contributed by atoms with E-state index in [1.807, 2.05) is 33.5 Å². The van der Waals surface area contributed by atoms with Gasteiger partial charge in [-0.25, -0.2) is 8.51 Å². The van der Waals surface area contributed by atoms with Gasteiger partial charge in [-0.15, -0.1) is 6.58 Å². The van der Waals surface area contributed by atoms with Crippen molar-refractivity contribution in [2.24, 2.45) is 5.92 Å². The summed E-state index contributed by atoms with van der Waals surface area (Å²) in [4.78, 5) is 20.3. The minimum absolute atomic E-state index is 0.00145. The molecule has 158 valence electrons. The lowest BCUT2D eigenvalue weighted by atomic mass is 9.90. The van der Waals surface area contributed by atoms with E-state index < -0.39 is 17.0 Å². The summed E-state index contributed by atoms with van der Waals surface area (Å²) in [7, 11) is -1.56. The normalized spacial score (nSPS) is 25.6. The molecule has 3 heterocycles. The van der Waals surface area contributed by atoms with E-state index in [-0.39, 0.29) is 17.9 Å². The first-order valence-corrected chi connectivity index (χ1v) is 11.8. The molecule has 0 saturated carbocycles. The SMILES string of the molecule is C=C[C@H]1CN(Cc2ccccn2)C(=O)[C@@H]2CCC[C@H]1N2[S@](=O)c1cc(Cl)cc(Cl)c1. The highest BCUT2D eigenvalue weighted by Crippen LogP contribution is 2.37. The fourth-order valence-electron chi connectivity index (χ4n) is 4.37. The van der Waals surface area contributed by atoms with E-state index in [4.69, 9.17) is 23.2 Å². The summed E-state index contributed by atoms with van der Waals surface area (Å²) in [5.74, 6) is -0.0160. The van der Waals surface area contributed by atoms with Gasteiger partial charge in [0.25, 0.3) is 0 Å². The average molecular weight is 464 g/mol. The highest BCUT2D eigenvalue weighted by molar-refractivity contribution is 7.82. The van der Waals surface area contributed by atoms with Crippen LogP contribution in [-0.4, -0.2) is 42.9 Å². The van der Waals surface area contributed by atoms with Crippen LogP contribution >= 0.6 is 23.2 Å². The Kier molecular flexibility index (Phi) is 6.58. The summed E-state index contributed by atoms with van der Waals surface area (Å²) in [6.45, 7) is 4.97. The summed E-state index contributed by atoms with van der Waals surface area (Å²) < 4.78 is 15.5. The molecule has 1 aromatic carbocycles. The van der Waals surface area contributed by atoms with Crippen molar-refractivity contribution in [3.05, 3.63) is 71.0 Å². The van der Waals surface area contributed by atoms with E-state index in [2.05, 4.69) is 11.6 Å². The lowest BCUT2D eigenvalue weighted by molar-refractivity contribution is -0.135. The van der Waals surface area contributed by atoms with E-state index in [1.165, 1.54) is 0 Å². The number of halogens is 2. The quantitative estimate of drug-likeness (QED) is 0.614. The summed E-state index contributed by atoms with van der Waals surface area (Å²) in [6.07, 6.45) is 6.04. The fourth-order valence-corrected chi connectivity index (χ4v) is 6.66. The molecule has 2 fully saturated rings. The van der Waals surface area contributed by atoms with Crippen LogP contribution in [0.25, 0.3) is 0 Å². The van der Waals surface area contributed by atoms with Crippen LogP contribution in [0, 0.1) is 5.92 Å². The second kappa shape index (κ2) is 9.18. The van der Waals surface area contributed by atoms with Crippen molar-refractivity contribution in [1.82, 2.24) is 14.2 Å². The summed E-state index contributed by atoms with van der Waals surface area (Å²) in [5, 5.41) is 0.850. The van der Waals surface area contributed by atoms with Crippen molar-refractivity contribution in [2.75, 3.05) is 6.54 Å².